The topological polar surface area (TPSA) is 26.3 Å². The van der Waals surface area contributed by atoms with Crippen LogP contribution in [0.3, 0.4) is 0 Å². The van der Waals surface area contributed by atoms with Gasteiger partial charge in [-0.3, -0.25) is 4.79 Å². The zero-order valence-electron chi connectivity index (χ0n) is 8.93. The lowest BCUT2D eigenvalue weighted by atomic mass is 9.75. The Kier molecular flexibility index (Phi) is 2.76. The number of ketones is 1. The highest BCUT2D eigenvalue weighted by molar-refractivity contribution is 6.03. The largest absolute Gasteiger partial charge is 0.370 e. The molecule has 0 aromatic heterocycles. The highest BCUT2D eigenvalue weighted by atomic mass is 19.1. The molecule has 0 amide bonds. The van der Waals surface area contributed by atoms with E-state index in [-0.39, 0.29) is 11.3 Å². The van der Waals surface area contributed by atoms with Gasteiger partial charge in [-0.1, -0.05) is 0 Å². The molecule has 2 nitrogen and oxygen atoms in total. The van der Waals surface area contributed by atoms with E-state index >= 15 is 0 Å². The van der Waals surface area contributed by atoms with E-state index in [1.165, 1.54) is 7.11 Å². The first-order valence-electron chi connectivity index (χ1n) is 5.13. The minimum absolute atomic E-state index is 0.0408. The van der Waals surface area contributed by atoms with E-state index in [0.29, 0.717) is 12.8 Å². The van der Waals surface area contributed by atoms with E-state index in [4.69, 9.17) is 4.74 Å². The summed E-state index contributed by atoms with van der Waals surface area (Å²) in [7, 11) is 1.45. The molecule has 0 saturated heterocycles. The van der Waals surface area contributed by atoms with Crippen LogP contribution in [0.25, 0.3) is 0 Å². The number of hydrogen-bond acceptors (Lipinski definition) is 2. The molecule has 0 spiro atoms. The predicted octanol–water partition coefficient (Wildman–Crippen LogP) is 2.72. The second kappa shape index (κ2) is 3.94. The minimum atomic E-state index is -0.861. The molecule has 0 N–H and O–H groups in total. The van der Waals surface area contributed by atoms with Gasteiger partial charge in [0.05, 0.1) is 0 Å². The quantitative estimate of drug-likeness (QED) is 0.741. The fraction of sp³-hybridized carbons (Fsp3) is 0.417. The monoisotopic (exact) mass is 226 g/mol. The zero-order chi connectivity index (χ0) is 11.8. The van der Waals surface area contributed by atoms with Gasteiger partial charge >= 0.3 is 0 Å². The number of benzene rings is 1. The van der Waals surface area contributed by atoms with Crippen molar-refractivity contribution in [3.63, 3.8) is 0 Å². The molecule has 0 atom stereocenters. The molecule has 1 aliphatic carbocycles. The molecule has 2 rings (SSSR count). The first-order valence-corrected chi connectivity index (χ1v) is 5.13. The molecule has 0 aliphatic heterocycles. The fourth-order valence-electron chi connectivity index (χ4n) is 1.97. The van der Waals surface area contributed by atoms with Crippen LogP contribution in [-0.4, -0.2) is 18.5 Å². The smallest absolute Gasteiger partial charge is 0.194 e. The molecular weight excluding hydrogens is 214 g/mol. The second-order valence-electron chi connectivity index (χ2n) is 4.04. The summed E-state index contributed by atoms with van der Waals surface area (Å²) in [5.41, 5.74) is -0.820. The number of hydrogen-bond donors (Lipinski definition) is 0. The summed E-state index contributed by atoms with van der Waals surface area (Å²) in [5.74, 6) is -1.82. The Morgan fingerprint density at radius 2 is 1.81 bits per heavy atom. The van der Waals surface area contributed by atoms with Crippen LogP contribution in [0.5, 0.6) is 0 Å². The number of halogens is 2. The van der Waals surface area contributed by atoms with Crippen molar-refractivity contribution in [2.75, 3.05) is 7.11 Å². The van der Waals surface area contributed by atoms with Gasteiger partial charge in [0, 0.05) is 18.7 Å². The Morgan fingerprint density at radius 1 is 1.25 bits per heavy atom. The van der Waals surface area contributed by atoms with Crippen molar-refractivity contribution in [1.29, 1.82) is 0 Å². The SMILES string of the molecule is COC1(C(=O)c2cc(F)cc(F)c2)CCC1. The standard InChI is InChI=1S/C12H12F2O2/c1-16-12(3-2-4-12)11(15)8-5-9(13)7-10(14)6-8/h5-7H,2-4H2,1H3. The number of rotatable bonds is 3. The molecule has 1 fully saturated rings. The van der Waals surface area contributed by atoms with Crippen molar-refractivity contribution in [3.05, 3.63) is 35.4 Å². The molecule has 1 saturated carbocycles. The number of ether oxygens (including phenoxy) is 1. The van der Waals surface area contributed by atoms with Crippen LogP contribution in [0, 0.1) is 11.6 Å². The molecule has 86 valence electrons. The van der Waals surface area contributed by atoms with Crippen molar-refractivity contribution in [1.82, 2.24) is 0 Å². The molecule has 0 unspecified atom stereocenters. The van der Waals surface area contributed by atoms with Gasteiger partial charge in [0.1, 0.15) is 17.2 Å². The van der Waals surface area contributed by atoms with Crippen molar-refractivity contribution in [2.24, 2.45) is 0 Å². The Labute approximate surface area is 92.2 Å². The molecular formula is C12H12F2O2. The lowest BCUT2D eigenvalue weighted by Gasteiger charge is -2.38. The van der Waals surface area contributed by atoms with Crippen molar-refractivity contribution in [3.8, 4) is 0 Å². The number of methoxy groups -OCH3 is 1. The summed E-state index contributed by atoms with van der Waals surface area (Å²) in [6.07, 6.45) is 2.12. The molecule has 1 aliphatic rings. The van der Waals surface area contributed by atoms with E-state index in [2.05, 4.69) is 0 Å². The van der Waals surface area contributed by atoms with Gasteiger partial charge in [-0.05, 0) is 31.4 Å². The van der Waals surface area contributed by atoms with Crippen molar-refractivity contribution >= 4 is 5.78 Å². The first-order chi connectivity index (χ1) is 7.57. The van der Waals surface area contributed by atoms with Crippen LogP contribution in [0.1, 0.15) is 29.6 Å². The van der Waals surface area contributed by atoms with Gasteiger partial charge in [0.2, 0.25) is 0 Å². The normalized spacial score (nSPS) is 17.9. The van der Waals surface area contributed by atoms with Crippen LogP contribution in [-0.2, 0) is 4.74 Å². The Hall–Kier alpha value is -1.29. The minimum Gasteiger partial charge on any atom is -0.370 e. The molecule has 0 bridgehead atoms. The third kappa shape index (κ3) is 1.73. The predicted molar refractivity (Wildman–Crippen MR) is 54.3 cm³/mol. The zero-order valence-corrected chi connectivity index (χ0v) is 8.93. The number of carbonyl (C=O) groups excluding carboxylic acids is 1. The van der Waals surface area contributed by atoms with E-state index < -0.39 is 17.2 Å². The fourth-order valence-corrected chi connectivity index (χ4v) is 1.97. The number of carbonyl (C=O) groups is 1. The van der Waals surface area contributed by atoms with Gasteiger partial charge in [0.25, 0.3) is 0 Å². The third-order valence-corrected chi connectivity index (χ3v) is 3.09. The molecule has 16 heavy (non-hydrogen) atoms. The summed E-state index contributed by atoms with van der Waals surface area (Å²) in [6.45, 7) is 0. The summed E-state index contributed by atoms with van der Waals surface area (Å²) in [4.78, 5) is 12.0. The Bertz CT molecular complexity index is 399. The van der Waals surface area contributed by atoms with Crippen LogP contribution in [0.2, 0.25) is 0 Å². The Morgan fingerprint density at radius 3 is 2.19 bits per heavy atom. The van der Waals surface area contributed by atoms with Gasteiger partial charge in [-0.15, -0.1) is 0 Å². The third-order valence-electron chi connectivity index (χ3n) is 3.09. The summed E-state index contributed by atoms with van der Waals surface area (Å²) >= 11 is 0. The molecule has 0 radical (unpaired) electrons. The van der Waals surface area contributed by atoms with E-state index in [1.54, 1.807) is 0 Å². The highest BCUT2D eigenvalue weighted by Gasteiger charge is 2.44. The van der Waals surface area contributed by atoms with Crippen LogP contribution in [0.4, 0.5) is 8.78 Å². The average Bonchev–Trinajstić information content (AvgIpc) is 2.15. The second-order valence-corrected chi connectivity index (χ2v) is 4.04. The van der Waals surface area contributed by atoms with Gasteiger partial charge < -0.3 is 4.74 Å². The first kappa shape index (κ1) is 11.2. The van der Waals surface area contributed by atoms with Crippen molar-refractivity contribution < 1.29 is 18.3 Å². The lowest BCUT2D eigenvalue weighted by Crippen LogP contribution is -2.47. The summed E-state index contributed by atoms with van der Waals surface area (Å²) in [5, 5.41) is 0. The van der Waals surface area contributed by atoms with Gasteiger partial charge in [-0.2, -0.15) is 0 Å². The van der Waals surface area contributed by atoms with E-state index in [9.17, 15) is 13.6 Å². The van der Waals surface area contributed by atoms with Crippen LogP contribution in [0.15, 0.2) is 18.2 Å². The maximum Gasteiger partial charge on any atom is 0.194 e. The van der Waals surface area contributed by atoms with Gasteiger partial charge in [0.15, 0.2) is 5.78 Å². The molecule has 1 aromatic rings. The van der Waals surface area contributed by atoms with Gasteiger partial charge in [-0.25, -0.2) is 8.78 Å². The molecule has 4 heteroatoms. The van der Waals surface area contributed by atoms with Crippen LogP contribution >= 0.6 is 0 Å². The maximum absolute atomic E-state index is 13.0. The average molecular weight is 226 g/mol. The Balaban J connectivity index is 2.33. The molecule has 1 aromatic carbocycles. The summed E-state index contributed by atoms with van der Waals surface area (Å²) in [6, 6.07) is 2.84. The molecule has 0 heterocycles. The summed E-state index contributed by atoms with van der Waals surface area (Å²) < 4.78 is 31.1. The highest BCUT2D eigenvalue weighted by Crippen LogP contribution is 2.38. The van der Waals surface area contributed by atoms with Crippen LogP contribution < -0.4 is 0 Å². The number of Topliss-reactive ketones (excluding diaryl/α,β-unsaturated/α-hetero) is 1. The lowest BCUT2D eigenvalue weighted by molar-refractivity contribution is -0.0448. The van der Waals surface area contributed by atoms with Crippen molar-refractivity contribution in [2.45, 2.75) is 24.9 Å². The van der Waals surface area contributed by atoms with E-state index in [0.717, 1.165) is 24.6 Å². The maximum atomic E-state index is 13.0. The van der Waals surface area contributed by atoms with E-state index in [1.807, 2.05) is 0 Å².